The van der Waals surface area contributed by atoms with Gasteiger partial charge in [0.25, 0.3) is 0 Å². The van der Waals surface area contributed by atoms with Gasteiger partial charge < -0.3 is 5.32 Å². The first-order chi connectivity index (χ1) is 12.5. The largest absolute Gasteiger partial charge is 0.350 e. The fourth-order valence-corrected chi connectivity index (χ4v) is 4.71. The molecular formula is C18H24N4O3S. The average molecular weight is 376 g/mol. The van der Waals surface area contributed by atoms with Crippen LogP contribution in [-0.4, -0.2) is 41.5 Å². The highest BCUT2D eigenvalue weighted by molar-refractivity contribution is 7.89. The molecule has 1 N–H and O–H groups in total. The summed E-state index contributed by atoms with van der Waals surface area (Å²) in [5.74, 6) is -0.180. The van der Waals surface area contributed by atoms with Crippen LogP contribution in [0.3, 0.4) is 0 Å². The van der Waals surface area contributed by atoms with Crippen LogP contribution >= 0.6 is 0 Å². The van der Waals surface area contributed by atoms with E-state index in [9.17, 15) is 13.2 Å². The van der Waals surface area contributed by atoms with Crippen molar-refractivity contribution in [3.05, 3.63) is 48.3 Å². The molecule has 2 aromatic rings. The molecule has 140 valence electrons. The quantitative estimate of drug-likeness (QED) is 0.830. The van der Waals surface area contributed by atoms with Gasteiger partial charge in [-0.05, 0) is 38.0 Å². The molecule has 0 radical (unpaired) electrons. The molecule has 1 aliphatic heterocycles. The number of carbonyl (C=O) groups excluding carboxylic acids is 1. The zero-order valence-corrected chi connectivity index (χ0v) is 15.7. The number of carbonyl (C=O) groups is 1. The van der Waals surface area contributed by atoms with Gasteiger partial charge in [-0.25, -0.2) is 8.42 Å². The Hall–Kier alpha value is -2.19. The minimum atomic E-state index is -3.48. The van der Waals surface area contributed by atoms with E-state index in [1.807, 2.05) is 17.7 Å². The molecule has 1 aromatic heterocycles. The van der Waals surface area contributed by atoms with Crippen molar-refractivity contribution in [1.82, 2.24) is 19.4 Å². The lowest BCUT2D eigenvalue weighted by atomic mass is 9.97. The predicted molar refractivity (Wildman–Crippen MR) is 97.7 cm³/mol. The summed E-state index contributed by atoms with van der Waals surface area (Å²) < 4.78 is 28.6. The van der Waals surface area contributed by atoms with E-state index in [4.69, 9.17) is 0 Å². The van der Waals surface area contributed by atoms with E-state index in [1.165, 1.54) is 4.31 Å². The summed E-state index contributed by atoms with van der Waals surface area (Å²) in [6, 6.07) is 10.3. The second-order valence-corrected chi connectivity index (χ2v) is 8.29. The molecule has 0 aliphatic carbocycles. The number of aryl methyl sites for hydroxylation is 1. The van der Waals surface area contributed by atoms with Gasteiger partial charge >= 0.3 is 0 Å². The first-order valence-corrected chi connectivity index (χ1v) is 10.3. The van der Waals surface area contributed by atoms with E-state index in [2.05, 4.69) is 10.4 Å². The normalized spacial score (nSPS) is 16.5. The second kappa shape index (κ2) is 8.01. The van der Waals surface area contributed by atoms with Crippen molar-refractivity contribution in [2.24, 2.45) is 5.92 Å². The van der Waals surface area contributed by atoms with Crippen LogP contribution in [0.15, 0.2) is 47.5 Å². The third-order valence-corrected chi connectivity index (χ3v) is 6.67. The Balaban J connectivity index is 1.54. The van der Waals surface area contributed by atoms with Gasteiger partial charge in [0, 0.05) is 31.7 Å². The molecule has 3 rings (SSSR count). The van der Waals surface area contributed by atoms with Crippen molar-refractivity contribution in [3.8, 4) is 0 Å². The molecule has 8 heteroatoms. The fourth-order valence-electron chi connectivity index (χ4n) is 3.22. The second-order valence-electron chi connectivity index (χ2n) is 6.35. The van der Waals surface area contributed by atoms with Crippen LogP contribution in [0.2, 0.25) is 0 Å². The Kier molecular flexibility index (Phi) is 5.73. The maximum atomic E-state index is 12.6. The molecule has 0 unspecified atom stereocenters. The standard InChI is InChI=1S/C18H24N4O3S/c1-2-22-16(8-11-20-22)14-19-18(23)15-9-12-21(13-10-15)26(24,25)17-6-4-3-5-7-17/h3-8,11,15H,2,9-10,12-14H2,1H3,(H,19,23). The first kappa shape index (κ1) is 18.6. The zero-order valence-electron chi connectivity index (χ0n) is 14.8. The molecule has 2 heterocycles. The number of benzene rings is 1. The van der Waals surface area contributed by atoms with Crippen molar-refractivity contribution < 1.29 is 13.2 Å². The number of hydrogen-bond donors (Lipinski definition) is 1. The Morgan fingerprint density at radius 3 is 2.54 bits per heavy atom. The van der Waals surface area contributed by atoms with Crippen LogP contribution < -0.4 is 5.32 Å². The topological polar surface area (TPSA) is 84.3 Å². The molecule has 7 nitrogen and oxygen atoms in total. The fraction of sp³-hybridized carbons (Fsp3) is 0.444. The molecule has 0 bridgehead atoms. The van der Waals surface area contributed by atoms with Crippen LogP contribution in [-0.2, 0) is 27.9 Å². The summed E-state index contributed by atoms with van der Waals surface area (Å²) >= 11 is 0. The summed E-state index contributed by atoms with van der Waals surface area (Å²) in [5.41, 5.74) is 0.963. The van der Waals surface area contributed by atoms with Gasteiger partial charge in [-0.2, -0.15) is 9.40 Å². The van der Waals surface area contributed by atoms with E-state index < -0.39 is 10.0 Å². The maximum Gasteiger partial charge on any atom is 0.243 e. The van der Waals surface area contributed by atoms with E-state index in [-0.39, 0.29) is 11.8 Å². The molecular weight excluding hydrogens is 352 g/mol. The third kappa shape index (κ3) is 3.96. The molecule has 0 spiro atoms. The lowest BCUT2D eigenvalue weighted by Gasteiger charge is -2.30. The zero-order chi connectivity index (χ0) is 18.6. The van der Waals surface area contributed by atoms with Crippen molar-refractivity contribution in [3.63, 3.8) is 0 Å². The van der Waals surface area contributed by atoms with Gasteiger partial charge in [-0.3, -0.25) is 9.48 Å². The van der Waals surface area contributed by atoms with Crippen LogP contribution in [0.25, 0.3) is 0 Å². The van der Waals surface area contributed by atoms with Crippen molar-refractivity contribution in [2.75, 3.05) is 13.1 Å². The highest BCUT2D eigenvalue weighted by Crippen LogP contribution is 2.23. The smallest absolute Gasteiger partial charge is 0.243 e. The van der Waals surface area contributed by atoms with E-state index in [1.54, 1.807) is 36.5 Å². The average Bonchev–Trinajstić information content (AvgIpc) is 3.14. The lowest BCUT2D eigenvalue weighted by Crippen LogP contribution is -2.42. The van der Waals surface area contributed by atoms with Gasteiger partial charge in [0.05, 0.1) is 17.1 Å². The molecule has 1 fully saturated rings. The number of rotatable bonds is 6. The third-order valence-electron chi connectivity index (χ3n) is 4.75. The first-order valence-electron chi connectivity index (χ1n) is 8.86. The highest BCUT2D eigenvalue weighted by atomic mass is 32.2. The summed E-state index contributed by atoms with van der Waals surface area (Å²) in [5, 5.41) is 7.13. The monoisotopic (exact) mass is 376 g/mol. The summed E-state index contributed by atoms with van der Waals surface area (Å²) in [4.78, 5) is 12.7. The summed E-state index contributed by atoms with van der Waals surface area (Å²) in [6.45, 7) is 3.93. The Morgan fingerprint density at radius 1 is 1.19 bits per heavy atom. The van der Waals surface area contributed by atoms with Gasteiger partial charge in [-0.15, -0.1) is 0 Å². The number of amides is 1. The molecule has 0 saturated carbocycles. The molecule has 1 aromatic carbocycles. The molecule has 0 atom stereocenters. The SMILES string of the molecule is CCn1nccc1CNC(=O)C1CCN(S(=O)(=O)c2ccccc2)CC1. The molecule has 1 saturated heterocycles. The number of aromatic nitrogens is 2. The van der Waals surface area contributed by atoms with E-state index >= 15 is 0 Å². The van der Waals surface area contributed by atoms with E-state index in [0.29, 0.717) is 37.4 Å². The lowest BCUT2D eigenvalue weighted by molar-refractivity contribution is -0.126. The maximum absolute atomic E-state index is 12.6. The van der Waals surface area contributed by atoms with Crippen molar-refractivity contribution >= 4 is 15.9 Å². The number of hydrogen-bond acceptors (Lipinski definition) is 4. The van der Waals surface area contributed by atoms with Crippen LogP contribution in [0.1, 0.15) is 25.5 Å². The number of nitrogens with zero attached hydrogens (tertiary/aromatic N) is 3. The van der Waals surface area contributed by atoms with Crippen molar-refractivity contribution in [1.29, 1.82) is 0 Å². The summed E-state index contributed by atoms with van der Waals surface area (Å²) in [6.07, 6.45) is 2.79. The summed E-state index contributed by atoms with van der Waals surface area (Å²) in [7, 11) is -3.48. The van der Waals surface area contributed by atoms with Gasteiger partial charge in [-0.1, -0.05) is 18.2 Å². The van der Waals surface area contributed by atoms with Gasteiger partial charge in [0.2, 0.25) is 15.9 Å². The van der Waals surface area contributed by atoms with Crippen LogP contribution in [0.5, 0.6) is 0 Å². The van der Waals surface area contributed by atoms with Crippen molar-refractivity contribution in [2.45, 2.75) is 37.8 Å². The number of sulfonamides is 1. The molecule has 1 aliphatic rings. The predicted octanol–water partition coefficient (Wildman–Crippen LogP) is 1.62. The van der Waals surface area contributed by atoms with Gasteiger partial charge in [0.1, 0.15) is 0 Å². The minimum absolute atomic E-state index is 0.0226. The van der Waals surface area contributed by atoms with E-state index in [0.717, 1.165) is 12.2 Å². The Labute approximate surface area is 154 Å². The van der Waals surface area contributed by atoms with Crippen LogP contribution in [0.4, 0.5) is 0 Å². The Bertz CT molecular complexity index is 840. The van der Waals surface area contributed by atoms with Gasteiger partial charge in [0.15, 0.2) is 0 Å². The van der Waals surface area contributed by atoms with Crippen LogP contribution in [0, 0.1) is 5.92 Å². The molecule has 26 heavy (non-hydrogen) atoms. The Morgan fingerprint density at radius 2 is 1.88 bits per heavy atom. The number of piperidine rings is 1. The minimum Gasteiger partial charge on any atom is -0.350 e. The molecule has 1 amide bonds. The highest BCUT2D eigenvalue weighted by Gasteiger charge is 2.31. The number of nitrogens with one attached hydrogen (secondary N) is 1.